The summed E-state index contributed by atoms with van der Waals surface area (Å²) in [6.07, 6.45) is 0. The van der Waals surface area contributed by atoms with E-state index in [0.29, 0.717) is 6.07 Å². The number of benzene rings is 2. The largest absolute Gasteiger partial charge is 0.478 e. The fourth-order valence-electron chi connectivity index (χ4n) is 2.47. The van der Waals surface area contributed by atoms with E-state index in [4.69, 9.17) is 23.2 Å². The van der Waals surface area contributed by atoms with Crippen molar-refractivity contribution >= 4 is 58.7 Å². The molecular formula is C17H9Cl2NO9. The van der Waals surface area contributed by atoms with Gasteiger partial charge in [0.15, 0.2) is 0 Å². The molecule has 0 atom stereocenters. The Kier molecular flexibility index (Phi) is 6.10. The third-order valence-electron chi connectivity index (χ3n) is 3.62. The average molecular weight is 442 g/mol. The number of aromatic carboxylic acids is 4. The molecular weight excluding hydrogens is 433 g/mol. The number of hydrogen-bond donors (Lipinski definition) is 5. The van der Waals surface area contributed by atoms with E-state index in [0.717, 1.165) is 0 Å². The molecule has 2 aromatic carbocycles. The van der Waals surface area contributed by atoms with Crippen molar-refractivity contribution in [1.82, 2.24) is 0 Å². The van der Waals surface area contributed by atoms with Gasteiger partial charge in [0.05, 0.1) is 38.5 Å². The van der Waals surface area contributed by atoms with Crippen LogP contribution in [0.2, 0.25) is 10.0 Å². The van der Waals surface area contributed by atoms with Crippen molar-refractivity contribution < 1.29 is 44.4 Å². The molecule has 0 fully saturated rings. The second-order valence-corrected chi connectivity index (χ2v) is 6.24. The molecule has 1 amide bonds. The van der Waals surface area contributed by atoms with E-state index < -0.39 is 57.6 Å². The molecule has 0 spiro atoms. The molecule has 5 N–H and O–H groups in total. The van der Waals surface area contributed by atoms with Crippen LogP contribution in [0.1, 0.15) is 51.8 Å². The highest BCUT2D eigenvalue weighted by molar-refractivity contribution is 6.36. The first kappa shape index (κ1) is 21.7. The summed E-state index contributed by atoms with van der Waals surface area (Å²) in [7, 11) is 0. The predicted molar refractivity (Wildman–Crippen MR) is 98.7 cm³/mol. The first-order chi connectivity index (χ1) is 13.5. The molecule has 150 valence electrons. The number of carbonyl (C=O) groups excluding carboxylic acids is 1. The van der Waals surface area contributed by atoms with Gasteiger partial charge in [-0.05, 0) is 24.3 Å². The molecule has 0 unspecified atom stereocenters. The fraction of sp³-hybridized carbons (Fsp3) is 0. The number of amides is 1. The molecule has 2 aromatic rings. The van der Waals surface area contributed by atoms with E-state index in [1.54, 1.807) is 0 Å². The molecule has 2 rings (SSSR count). The lowest BCUT2D eigenvalue weighted by Crippen LogP contribution is -2.25. The Morgan fingerprint density at radius 1 is 0.690 bits per heavy atom. The predicted octanol–water partition coefficient (Wildman–Crippen LogP) is 3.04. The molecule has 12 heteroatoms. The SMILES string of the molecule is O=C(O)c1cc(C(=O)Nc2cc(Cl)ccc2Cl)c(C(=O)O)c(C(=O)O)c1C(=O)O. The van der Waals surface area contributed by atoms with Crippen LogP contribution in [0.15, 0.2) is 24.3 Å². The molecule has 0 aliphatic heterocycles. The number of carbonyl (C=O) groups is 5. The van der Waals surface area contributed by atoms with Gasteiger partial charge in [0, 0.05) is 5.02 Å². The molecule has 29 heavy (non-hydrogen) atoms. The van der Waals surface area contributed by atoms with Gasteiger partial charge >= 0.3 is 23.9 Å². The van der Waals surface area contributed by atoms with E-state index in [2.05, 4.69) is 5.32 Å². The Bertz CT molecular complexity index is 1090. The smallest absolute Gasteiger partial charge is 0.337 e. The number of carboxylic acid groups (broad SMARTS) is 4. The van der Waals surface area contributed by atoms with Gasteiger partial charge in [-0.1, -0.05) is 23.2 Å². The average Bonchev–Trinajstić information content (AvgIpc) is 2.62. The molecule has 0 radical (unpaired) electrons. The number of rotatable bonds is 6. The van der Waals surface area contributed by atoms with Crippen molar-refractivity contribution in [2.45, 2.75) is 0 Å². The Morgan fingerprint density at radius 2 is 1.21 bits per heavy atom. The first-order valence-corrected chi connectivity index (χ1v) is 8.11. The van der Waals surface area contributed by atoms with Crippen LogP contribution in [0.4, 0.5) is 5.69 Å². The van der Waals surface area contributed by atoms with Gasteiger partial charge < -0.3 is 25.7 Å². The Hall–Kier alpha value is -3.63. The van der Waals surface area contributed by atoms with Crippen LogP contribution in [-0.2, 0) is 0 Å². The molecule has 0 bridgehead atoms. The minimum absolute atomic E-state index is 0.00121. The first-order valence-electron chi connectivity index (χ1n) is 7.36. The second-order valence-electron chi connectivity index (χ2n) is 5.40. The highest BCUT2D eigenvalue weighted by Crippen LogP contribution is 2.29. The highest BCUT2D eigenvalue weighted by atomic mass is 35.5. The lowest BCUT2D eigenvalue weighted by Gasteiger charge is -2.15. The quantitative estimate of drug-likeness (QED) is 0.450. The zero-order valence-electron chi connectivity index (χ0n) is 13.9. The van der Waals surface area contributed by atoms with Crippen molar-refractivity contribution in [1.29, 1.82) is 0 Å². The van der Waals surface area contributed by atoms with Gasteiger partial charge in [-0.15, -0.1) is 0 Å². The molecule has 0 saturated carbocycles. The van der Waals surface area contributed by atoms with E-state index in [-0.39, 0.29) is 15.7 Å². The molecule has 0 aromatic heterocycles. The number of anilines is 1. The Balaban J connectivity index is 2.82. The summed E-state index contributed by atoms with van der Waals surface area (Å²) >= 11 is 11.7. The topological polar surface area (TPSA) is 178 Å². The molecule has 0 aliphatic rings. The summed E-state index contributed by atoms with van der Waals surface area (Å²) in [6, 6.07) is 4.39. The number of nitrogens with one attached hydrogen (secondary N) is 1. The Labute approximate surface area is 170 Å². The standard InChI is InChI=1S/C17H9Cl2NO9/c18-5-1-2-8(19)9(3-5)20-13(21)6-4-7(14(22)23)11(16(26)27)12(17(28)29)10(6)15(24)25/h1-4H,(H,20,21)(H,22,23)(H,24,25)(H,26,27)(H,28,29). The van der Waals surface area contributed by atoms with Gasteiger partial charge in [0.25, 0.3) is 5.91 Å². The van der Waals surface area contributed by atoms with E-state index in [9.17, 15) is 44.4 Å². The lowest BCUT2D eigenvalue weighted by atomic mass is 9.90. The van der Waals surface area contributed by atoms with Crippen molar-refractivity contribution in [3.63, 3.8) is 0 Å². The lowest BCUT2D eigenvalue weighted by molar-refractivity contribution is 0.0618. The van der Waals surface area contributed by atoms with Crippen LogP contribution in [-0.4, -0.2) is 50.2 Å². The fourth-order valence-corrected chi connectivity index (χ4v) is 2.81. The maximum atomic E-state index is 12.6. The van der Waals surface area contributed by atoms with E-state index >= 15 is 0 Å². The molecule has 0 heterocycles. The van der Waals surface area contributed by atoms with Crippen LogP contribution in [0.5, 0.6) is 0 Å². The maximum Gasteiger partial charge on any atom is 0.337 e. The normalized spacial score (nSPS) is 10.3. The van der Waals surface area contributed by atoms with Crippen molar-refractivity contribution in [3.8, 4) is 0 Å². The van der Waals surface area contributed by atoms with Gasteiger partial charge in [-0.2, -0.15) is 0 Å². The van der Waals surface area contributed by atoms with Crippen LogP contribution in [0.3, 0.4) is 0 Å². The maximum absolute atomic E-state index is 12.6. The third kappa shape index (κ3) is 4.28. The van der Waals surface area contributed by atoms with E-state index in [1.165, 1.54) is 18.2 Å². The van der Waals surface area contributed by atoms with Crippen LogP contribution >= 0.6 is 23.2 Å². The van der Waals surface area contributed by atoms with Crippen molar-refractivity contribution in [3.05, 3.63) is 62.1 Å². The number of carboxylic acids is 4. The monoisotopic (exact) mass is 441 g/mol. The van der Waals surface area contributed by atoms with Crippen LogP contribution in [0, 0.1) is 0 Å². The molecule has 0 saturated heterocycles. The Morgan fingerprint density at radius 3 is 1.69 bits per heavy atom. The summed E-state index contributed by atoms with van der Waals surface area (Å²) < 4.78 is 0. The van der Waals surface area contributed by atoms with Crippen LogP contribution in [0.25, 0.3) is 0 Å². The zero-order valence-corrected chi connectivity index (χ0v) is 15.4. The van der Waals surface area contributed by atoms with Crippen molar-refractivity contribution in [2.24, 2.45) is 0 Å². The summed E-state index contributed by atoms with van der Waals surface area (Å²) in [5, 5.41) is 39.6. The summed E-state index contributed by atoms with van der Waals surface area (Å²) in [4.78, 5) is 58.7. The van der Waals surface area contributed by atoms with Crippen LogP contribution < -0.4 is 5.32 Å². The second kappa shape index (κ2) is 8.17. The molecule has 10 nitrogen and oxygen atoms in total. The number of hydrogen-bond acceptors (Lipinski definition) is 5. The van der Waals surface area contributed by atoms with Gasteiger partial charge in [0.1, 0.15) is 0 Å². The van der Waals surface area contributed by atoms with Gasteiger partial charge in [-0.3, -0.25) is 4.79 Å². The van der Waals surface area contributed by atoms with Gasteiger partial charge in [-0.25, -0.2) is 19.2 Å². The number of halogens is 2. The van der Waals surface area contributed by atoms with E-state index in [1.807, 2.05) is 0 Å². The highest BCUT2D eigenvalue weighted by Gasteiger charge is 2.34. The van der Waals surface area contributed by atoms with Crippen molar-refractivity contribution in [2.75, 3.05) is 5.32 Å². The zero-order chi connectivity index (χ0) is 22.0. The third-order valence-corrected chi connectivity index (χ3v) is 4.19. The summed E-state index contributed by atoms with van der Waals surface area (Å²) in [6.45, 7) is 0. The minimum atomic E-state index is -2.04. The summed E-state index contributed by atoms with van der Waals surface area (Å²) in [5.41, 5.74) is -5.88. The molecule has 0 aliphatic carbocycles. The minimum Gasteiger partial charge on any atom is -0.478 e. The summed E-state index contributed by atoms with van der Waals surface area (Å²) in [5.74, 6) is -9.11. The van der Waals surface area contributed by atoms with Gasteiger partial charge in [0.2, 0.25) is 0 Å².